The van der Waals surface area contributed by atoms with E-state index in [2.05, 4.69) is 46.2 Å². The molecule has 130 valence electrons. The summed E-state index contributed by atoms with van der Waals surface area (Å²) < 4.78 is 5.73. The normalized spacial score (nSPS) is 26.1. The van der Waals surface area contributed by atoms with Crippen LogP contribution < -0.4 is 0 Å². The van der Waals surface area contributed by atoms with E-state index in [0.717, 1.165) is 45.8 Å². The third kappa shape index (κ3) is 3.10. The molecule has 2 aromatic rings. The Balaban J connectivity index is 1.30. The van der Waals surface area contributed by atoms with Gasteiger partial charge in [-0.2, -0.15) is 0 Å². The molecule has 0 unspecified atom stereocenters. The van der Waals surface area contributed by atoms with Crippen molar-refractivity contribution in [3.05, 3.63) is 65.0 Å². The predicted octanol–water partition coefficient (Wildman–Crippen LogP) is 2.61. The molecule has 4 heterocycles. The van der Waals surface area contributed by atoms with Crippen molar-refractivity contribution in [1.82, 2.24) is 14.8 Å². The van der Waals surface area contributed by atoms with Crippen LogP contribution in [0, 0.1) is 0 Å². The van der Waals surface area contributed by atoms with Gasteiger partial charge in [-0.3, -0.25) is 14.8 Å². The molecule has 1 aromatic carbocycles. The third-order valence-electron chi connectivity index (χ3n) is 5.93. The first-order valence-corrected chi connectivity index (χ1v) is 9.43. The number of pyridine rings is 1. The van der Waals surface area contributed by atoms with Gasteiger partial charge in [0, 0.05) is 45.0 Å². The van der Waals surface area contributed by atoms with Crippen LogP contribution in [0.15, 0.2) is 42.6 Å². The van der Waals surface area contributed by atoms with E-state index in [1.165, 1.54) is 28.8 Å². The second-order valence-corrected chi connectivity index (χ2v) is 7.62. The Hall–Kier alpha value is -1.75. The maximum absolute atomic E-state index is 5.73. The lowest BCUT2D eigenvalue weighted by molar-refractivity contribution is 0.0266. The molecule has 3 aliphatic heterocycles. The standard InChI is InChI=1S/C21H25N3O/c1-2-4-16(5-3-1)11-23-9-7-20-17(12-23)6-8-22-21(20)14-24-13-19-10-18(24)15-25-19/h1-6,8,18-19H,7,9-15H2/t18-,19-/m1/s1. The molecular weight excluding hydrogens is 310 g/mol. The maximum Gasteiger partial charge on any atom is 0.0718 e. The van der Waals surface area contributed by atoms with Gasteiger partial charge in [0.15, 0.2) is 0 Å². The van der Waals surface area contributed by atoms with Gasteiger partial charge in [-0.15, -0.1) is 0 Å². The Labute approximate surface area is 149 Å². The summed E-state index contributed by atoms with van der Waals surface area (Å²) in [5.74, 6) is 0. The van der Waals surface area contributed by atoms with Crippen LogP contribution in [0.2, 0.25) is 0 Å². The number of morpholine rings is 1. The molecular formula is C21H25N3O. The maximum atomic E-state index is 5.73. The first kappa shape index (κ1) is 15.5. The van der Waals surface area contributed by atoms with Gasteiger partial charge in [-0.05, 0) is 35.6 Å². The molecule has 0 spiro atoms. The van der Waals surface area contributed by atoms with Crippen LogP contribution in [0.4, 0.5) is 0 Å². The molecule has 3 aliphatic rings. The number of hydrogen-bond acceptors (Lipinski definition) is 4. The van der Waals surface area contributed by atoms with Crippen molar-refractivity contribution < 1.29 is 4.74 Å². The Morgan fingerprint density at radius 3 is 2.84 bits per heavy atom. The fourth-order valence-electron chi connectivity index (χ4n) is 4.60. The summed E-state index contributed by atoms with van der Waals surface area (Å²) in [7, 11) is 0. The minimum atomic E-state index is 0.464. The second kappa shape index (κ2) is 6.52. The van der Waals surface area contributed by atoms with Crippen LogP contribution >= 0.6 is 0 Å². The molecule has 2 saturated heterocycles. The molecule has 0 amide bonds. The molecule has 0 saturated carbocycles. The quantitative estimate of drug-likeness (QED) is 0.859. The van der Waals surface area contributed by atoms with Crippen molar-refractivity contribution in [3.8, 4) is 0 Å². The summed E-state index contributed by atoms with van der Waals surface area (Å²) in [5.41, 5.74) is 5.65. The number of fused-ring (bicyclic) bond motifs is 3. The number of hydrogen-bond donors (Lipinski definition) is 0. The van der Waals surface area contributed by atoms with E-state index in [9.17, 15) is 0 Å². The van der Waals surface area contributed by atoms with E-state index in [1.807, 2.05) is 6.20 Å². The monoisotopic (exact) mass is 335 g/mol. The molecule has 2 bridgehead atoms. The van der Waals surface area contributed by atoms with E-state index < -0.39 is 0 Å². The molecule has 25 heavy (non-hydrogen) atoms. The Morgan fingerprint density at radius 1 is 1.12 bits per heavy atom. The van der Waals surface area contributed by atoms with E-state index in [0.29, 0.717) is 12.1 Å². The third-order valence-corrected chi connectivity index (χ3v) is 5.93. The van der Waals surface area contributed by atoms with Crippen molar-refractivity contribution in [1.29, 1.82) is 0 Å². The summed E-state index contributed by atoms with van der Waals surface area (Å²) in [6.07, 6.45) is 4.79. The first-order chi connectivity index (χ1) is 12.3. The van der Waals surface area contributed by atoms with Gasteiger partial charge < -0.3 is 4.74 Å². The van der Waals surface area contributed by atoms with Crippen LogP contribution in [0.3, 0.4) is 0 Å². The zero-order valence-electron chi connectivity index (χ0n) is 14.6. The summed E-state index contributed by atoms with van der Waals surface area (Å²) in [6.45, 7) is 6.17. The summed E-state index contributed by atoms with van der Waals surface area (Å²) in [5, 5.41) is 0. The first-order valence-electron chi connectivity index (χ1n) is 9.43. The highest BCUT2D eigenvalue weighted by atomic mass is 16.5. The van der Waals surface area contributed by atoms with Crippen molar-refractivity contribution in [3.63, 3.8) is 0 Å². The van der Waals surface area contributed by atoms with Gasteiger partial charge >= 0.3 is 0 Å². The van der Waals surface area contributed by atoms with Gasteiger partial charge in [-0.25, -0.2) is 0 Å². The number of nitrogens with zero attached hydrogens (tertiary/aromatic N) is 3. The smallest absolute Gasteiger partial charge is 0.0718 e. The van der Waals surface area contributed by atoms with E-state index >= 15 is 0 Å². The Morgan fingerprint density at radius 2 is 2.04 bits per heavy atom. The number of aromatic nitrogens is 1. The second-order valence-electron chi connectivity index (χ2n) is 7.62. The van der Waals surface area contributed by atoms with Crippen LogP contribution in [0.25, 0.3) is 0 Å². The highest BCUT2D eigenvalue weighted by Crippen LogP contribution is 2.30. The van der Waals surface area contributed by atoms with Crippen LogP contribution in [0.5, 0.6) is 0 Å². The Kier molecular flexibility index (Phi) is 4.04. The summed E-state index contributed by atoms with van der Waals surface area (Å²) in [6, 6.07) is 13.6. The zero-order valence-corrected chi connectivity index (χ0v) is 14.6. The van der Waals surface area contributed by atoms with Gasteiger partial charge in [0.05, 0.1) is 18.4 Å². The molecule has 4 heteroatoms. The number of rotatable bonds is 4. The number of benzene rings is 1. The average molecular weight is 335 g/mol. The van der Waals surface area contributed by atoms with Crippen molar-refractivity contribution in [2.45, 2.75) is 44.6 Å². The fourth-order valence-corrected chi connectivity index (χ4v) is 4.60. The SMILES string of the molecule is c1ccc(CN2CCc3c(ccnc3CN3C[C@H]4C[C@@H]3CO4)C2)cc1. The van der Waals surface area contributed by atoms with Crippen molar-refractivity contribution in [2.75, 3.05) is 19.7 Å². The largest absolute Gasteiger partial charge is 0.375 e. The van der Waals surface area contributed by atoms with Gasteiger partial charge in [0.1, 0.15) is 0 Å². The molecule has 1 aromatic heterocycles. The predicted molar refractivity (Wildman–Crippen MR) is 97.1 cm³/mol. The average Bonchev–Trinajstić information content (AvgIpc) is 3.26. The number of likely N-dealkylation sites (tertiary alicyclic amines) is 1. The molecule has 2 fully saturated rings. The number of ether oxygens (including phenoxy) is 1. The molecule has 0 radical (unpaired) electrons. The van der Waals surface area contributed by atoms with Crippen LogP contribution in [-0.2, 0) is 30.8 Å². The van der Waals surface area contributed by atoms with E-state index in [1.54, 1.807) is 0 Å². The zero-order chi connectivity index (χ0) is 16.6. The van der Waals surface area contributed by atoms with E-state index in [4.69, 9.17) is 9.72 Å². The van der Waals surface area contributed by atoms with Crippen molar-refractivity contribution >= 4 is 0 Å². The summed E-state index contributed by atoms with van der Waals surface area (Å²) in [4.78, 5) is 9.87. The molecule has 0 aliphatic carbocycles. The van der Waals surface area contributed by atoms with Gasteiger partial charge in [-0.1, -0.05) is 30.3 Å². The van der Waals surface area contributed by atoms with Crippen molar-refractivity contribution in [2.24, 2.45) is 0 Å². The highest BCUT2D eigenvalue weighted by Gasteiger charge is 2.39. The van der Waals surface area contributed by atoms with Crippen LogP contribution in [0.1, 0.15) is 28.8 Å². The minimum Gasteiger partial charge on any atom is -0.375 e. The molecule has 2 atom stereocenters. The fraction of sp³-hybridized carbons (Fsp3) is 0.476. The van der Waals surface area contributed by atoms with Gasteiger partial charge in [0.2, 0.25) is 0 Å². The molecule has 0 N–H and O–H groups in total. The van der Waals surface area contributed by atoms with E-state index in [-0.39, 0.29) is 0 Å². The highest BCUT2D eigenvalue weighted by molar-refractivity contribution is 5.32. The lowest BCUT2D eigenvalue weighted by Crippen LogP contribution is -2.37. The minimum absolute atomic E-state index is 0.464. The van der Waals surface area contributed by atoms with Gasteiger partial charge in [0.25, 0.3) is 0 Å². The molecule has 5 rings (SSSR count). The topological polar surface area (TPSA) is 28.6 Å². The molecule has 4 nitrogen and oxygen atoms in total. The summed E-state index contributed by atoms with van der Waals surface area (Å²) >= 11 is 0. The lowest BCUT2D eigenvalue weighted by Gasteiger charge is -2.31. The van der Waals surface area contributed by atoms with Crippen LogP contribution in [-0.4, -0.2) is 46.6 Å². The Bertz CT molecular complexity index is 748. The lowest BCUT2D eigenvalue weighted by atomic mass is 9.97.